The smallest absolute Gasteiger partial charge is 0.318 e. The highest BCUT2D eigenvalue weighted by atomic mass is 35.5. The second kappa shape index (κ2) is 6.35. The number of hydrogen-bond donors (Lipinski definition) is 3. The number of carbonyl (C=O) groups is 2. The lowest BCUT2D eigenvalue weighted by Crippen LogP contribution is -2.70. The summed E-state index contributed by atoms with van der Waals surface area (Å²) in [6, 6.07) is 11.2. The first-order chi connectivity index (χ1) is 12.9. The van der Waals surface area contributed by atoms with E-state index in [1.165, 1.54) is 0 Å². The first-order valence-corrected chi connectivity index (χ1v) is 8.79. The van der Waals surface area contributed by atoms with Gasteiger partial charge in [0, 0.05) is 16.3 Å². The normalized spacial score (nSPS) is 25.4. The SMILES string of the molecule is COc1ccc2c(c1)[C@@H]1NC(=O)N[C@](C)(O2)[C@@H]1C(=O)Nc1ccc(Cl)cc1. The van der Waals surface area contributed by atoms with Crippen LogP contribution in [0, 0.1) is 5.92 Å². The van der Waals surface area contributed by atoms with Crippen molar-refractivity contribution >= 4 is 29.2 Å². The van der Waals surface area contributed by atoms with E-state index in [4.69, 9.17) is 21.1 Å². The van der Waals surface area contributed by atoms with Crippen molar-refractivity contribution in [2.45, 2.75) is 18.7 Å². The van der Waals surface area contributed by atoms with Crippen LogP contribution in [0.3, 0.4) is 0 Å². The Balaban J connectivity index is 1.71. The Morgan fingerprint density at radius 2 is 2.00 bits per heavy atom. The molecule has 27 heavy (non-hydrogen) atoms. The van der Waals surface area contributed by atoms with Crippen LogP contribution in [0.2, 0.25) is 5.02 Å². The summed E-state index contributed by atoms with van der Waals surface area (Å²) >= 11 is 5.90. The maximum Gasteiger partial charge on any atom is 0.318 e. The molecule has 0 unspecified atom stereocenters. The lowest BCUT2D eigenvalue weighted by Gasteiger charge is -2.49. The lowest BCUT2D eigenvalue weighted by atomic mass is 9.79. The number of fused-ring (bicyclic) bond motifs is 4. The molecule has 2 bridgehead atoms. The van der Waals surface area contributed by atoms with E-state index in [9.17, 15) is 9.59 Å². The molecule has 2 aliphatic rings. The van der Waals surface area contributed by atoms with Crippen LogP contribution in [0.25, 0.3) is 0 Å². The molecule has 0 aliphatic carbocycles. The summed E-state index contributed by atoms with van der Waals surface area (Å²) in [6.07, 6.45) is 0. The summed E-state index contributed by atoms with van der Waals surface area (Å²) in [5.74, 6) is 0.216. The zero-order valence-corrected chi connectivity index (χ0v) is 15.5. The Hall–Kier alpha value is -2.93. The topological polar surface area (TPSA) is 88.7 Å². The van der Waals surface area contributed by atoms with Gasteiger partial charge in [0.25, 0.3) is 0 Å². The average molecular weight is 388 g/mol. The van der Waals surface area contributed by atoms with Gasteiger partial charge in [-0.25, -0.2) is 4.79 Å². The van der Waals surface area contributed by atoms with Crippen LogP contribution in [-0.4, -0.2) is 24.8 Å². The number of anilines is 1. The highest BCUT2D eigenvalue weighted by Crippen LogP contribution is 2.46. The minimum atomic E-state index is -1.19. The maximum absolute atomic E-state index is 13.1. The fraction of sp³-hybridized carbons (Fsp3) is 0.263. The third kappa shape index (κ3) is 3.04. The summed E-state index contributed by atoms with van der Waals surface area (Å²) in [4.78, 5) is 25.2. The molecule has 2 aromatic carbocycles. The Labute approximate surface area is 161 Å². The van der Waals surface area contributed by atoms with Gasteiger partial charge in [0.15, 0.2) is 5.72 Å². The zero-order valence-electron chi connectivity index (χ0n) is 14.7. The van der Waals surface area contributed by atoms with Crippen molar-refractivity contribution in [1.82, 2.24) is 10.6 Å². The van der Waals surface area contributed by atoms with Crippen LogP contribution in [0.5, 0.6) is 11.5 Å². The van der Waals surface area contributed by atoms with Crippen molar-refractivity contribution in [3.63, 3.8) is 0 Å². The molecular weight excluding hydrogens is 370 g/mol. The molecule has 7 nitrogen and oxygen atoms in total. The standard InChI is InChI=1S/C19H18ClN3O4/c1-19-15(17(24)21-11-5-3-10(20)4-6-11)16(22-18(25)23-19)13-9-12(26-2)7-8-14(13)27-19/h3-9,15-16H,1-2H3,(H,21,24)(H2,22,23,25)/t15-,16-,19+/m0/s1. The zero-order chi connectivity index (χ0) is 19.2. The molecule has 0 saturated carbocycles. The largest absolute Gasteiger partial charge is 0.497 e. The highest BCUT2D eigenvalue weighted by molar-refractivity contribution is 6.30. The molecule has 0 radical (unpaired) electrons. The van der Waals surface area contributed by atoms with Gasteiger partial charge >= 0.3 is 6.03 Å². The first kappa shape index (κ1) is 17.5. The van der Waals surface area contributed by atoms with E-state index in [1.807, 2.05) is 0 Å². The molecule has 1 fully saturated rings. The summed E-state index contributed by atoms with van der Waals surface area (Å²) in [7, 11) is 1.56. The van der Waals surface area contributed by atoms with Gasteiger partial charge in [0.1, 0.15) is 17.4 Å². The van der Waals surface area contributed by atoms with Crippen LogP contribution in [-0.2, 0) is 4.79 Å². The van der Waals surface area contributed by atoms with Crippen LogP contribution in [0.4, 0.5) is 10.5 Å². The number of methoxy groups -OCH3 is 1. The molecule has 2 aliphatic heterocycles. The number of hydrogen-bond acceptors (Lipinski definition) is 4. The van der Waals surface area contributed by atoms with E-state index in [1.54, 1.807) is 56.5 Å². The van der Waals surface area contributed by atoms with Crippen molar-refractivity contribution in [3.05, 3.63) is 53.1 Å². The summed E-state index contributed by atoms with van der Waals surface area (Å²) in [5.41, 5.74) is 0.109. The van der Waals surface area contributed by atoms with Crippen LogP contribution in [0.1, 0.15) is 18.5 Å². The van der Waals surface area contributed by atoms with E-state index in [0.29, 0.717) is 27.8 Å². The number of nitrogens with one attached hydrogen (secondary N) is 3. The predicted molar refractivity (Wildman–Crippen MR) is 100 cm³/mol. The van der Waals surface area contributed by atoms with Crippen molar-refractivity contribution < 1.29 is 19.1 Å². The molecule has 3 amide bonds. The average Bonchev–Trinajstić information content (AvgIpc) is 2.62. The van der Waals surface area contributed by atoms with Gasteiger partial charge in [-0.2, -0.15) is 0 Å². The molecule has 2 heterocycles. The predicted octanol–water partition coefficient (Wildman–Crippen LogP) is 3.07. The second-order valence-corrected chi connectivity index (χ2v) is 7.10. The number of rotatable bonds is 3. The number of urea groups is 1. The maximum atomic E-state index is 13.1. The Kier molecular flexibility index (Phi) is 4.11. The van der Waals surface area contributed by atoms with E-state index >= 15 is 0 Å². The molecule has 2 aromatic rings. The van der Waals surface area contributed by atoms with Gasteiger partial charge in [0.05, 0.1) is 13.2 Å². The minimum Gasteiger partial charge on any atom is -0.497 e. The molecular formula is C19H18ClN3O4. The van der Waals surface area contributed by atoms with E-state index in [-0.39, 0.29) is 5.91 Å². The monoisotopic (exact) mass is 387 g/mol. The van der Waals surface area contributed by atoms with Crippen LogP contribution >= 0.6 is 11.6 Å². The number of amides is 3. The summed E-state index contributed by atoms with van der Waals surface area (Å²) in [6.45, 7) is 1.69. The minimum absolute atomic E-state index is 0.286. The number of halogens is 1. The molecule has 140 valence electrons. The first-order valence-electron chi connectivity index (χ1n) is 8.42. The Bertz CT molecular complexity index is 918. The fourth-order valence-corrected chi connectivity index (χ4v) is 3.73. The molecule has 3 N–H and O–H groups in total. The number of benzene rings is 2. The molecule has 1 saturated heterocycles. The van der Waals surface area contributed by atoms with Gasteiger partial charge in [-0.3, -0.25) is 10.1 Å². The van der Waals surface area contributed by atoms with Gasteiger partial charge in [0.2, 0.25) is 5.91 Å². The highest BCUT2D eigenvalue weighted by Gasteiger charge is 2.55. The van der Waals surface area contributed by atoms with E-state index in [0.717, 1.165) is 0 Å². The lowest BCUT2D eigenvalue weighted by molar-refractivity contribution is -0.133. The van der Waals surface area contributed by atoms with Gasteiger partial charge in [-0.05, 0) is 49.4 Å². The Morgan fingerprint density at radius 3 is 2.70 bits per heavy atom. The van der Waals surface area contributed by atoms with Crippen LogP contribution in [0.15, 0.2) is 42.5 Å². The van der Waals surface area contributed by atoms with Crippen molar-refractivity contribution in [1.29, 1.82) is 0 Å². The van der Waals surface area contributed by atoms with Gasteiger partial charge < -0.3 is 20.1 Å². The summed E-state index contributed by atoms with van der Waals surface area (Å²) < 4.78 is 11.3. The molecule has 4 rings (SSSR count). The molecule has 0 spiro atoms. The third-order valence-electron chi connectivity index (χ3n) is 4.84. The van der Waals surface area contributed by atoms with E-state index < -0.39 is 23.7 Å². The number of ether oxygens (including phenoxy) is 2. The van der Waals surface area contributed by atoms with Gasteiger partial charge in [-0.1, -0.05) is 11.6 Å². The summed E-state index contributed by atoms with van der Waals surface area (Å²) in [5, 5.41) is 9.02. The quantitative estimate of drug-likeness (QED) is 0.755. The van der Waals surface area contributed by atoms with E-state index in [2.05, 4.69) is 16.0 Å². The van der Waals surface area contributed by atoms with Gasteiger partial charge in [-0.15, -0.1) is 0 Å². The Morgan fingerprint density at radius 1 is 1.26 bits per heavy atom. The van der Waals surface area contributed by atoms with Crippen molar-refractivity contribution in [2.24, 2.45) is 5.92 Å². The van der Waals surface area contributed by atoms with Crippen molar-refractivity contribution in [3.8, 4) is 11.5 Å². The molecule has 8 heteroatoms. The molecule has 0 aromatic heterocycles. The fourth-order valence-electron chi connectivity index (χ4n) is 3.60. The number of carbonyl (C=O) groups excluding carboxylic acids is 2. The molecule has 3 atom stereocenters. The van der Waals surface area contributed by atoms with Crippen LogP contribution < -0.4 is 25.4 Å². The third-order valence-corrected chi connectivity index (χ3v) is 5.10. The second-order valence-electron chi connectivity index (χ2n) is 6.66. The van der Waals surface area contributed by atoms with Crippen molar-refractivity contribution in [2.75, 3.05) is 12.4 Å².